The highest BCUT2D eigenvalue weighted by Crippen LogP contribution is 2.16. The number of aryl methyl sites for hydroxylation is 1. The monoisotopic (exact) mass is 337 g/mol. The van der Waals surface area contributed by atoms with E-state index in [2.05, 4.69) is 5.32 Å². The molecule has 4 nitrogen and oxygen atoms in total. The third-order valence-corrected chi connectivity index (χ3v) is 5.09. The summed E-state index contributed by atoms with van der Waals surface area (Å²) < 4.78 is 24.2. The highest BCUT2D eigenvalue weighted by atomic mass is 35.5. The summed E-state index contributed by atoms with van der Waals surface area (Å²) in [5.74, 6) is -0.576. The van der Waals surface area contributed by atoms with Crippen molar-refractivity contribution in [2.45, 2.75) is 18.2 Å². The van der Waals surface area contributed by atoms with E-state index in [1.54, 1.807) is 12.1 Å². The van der Waals surface area contributed by atoms with Crippen LogP contribution in [-0.4, -0.2) is 20.1 Å². The molecular formula is C16H16ClNO3S. The number of nitrogens with one attached hydrogen (secondary N) is 1. The van der Waals surface area contributed by atoms with Gasteiger partial charge in [-0.15, -0.1) is 0 Å². The van der Waals surface area contributed by atoms with Crippen LogP contribution in [0.15, 0.2) is 53.4 Å². The zero-order valence-corrected chi connectivity index (χ0v) is 13.6. The summed E-state index contributed by atoms with van der Waals surface area (Å²) in [6.45, 7) is 1.95. The summed E-state index contributed by atoms with van der Waals surface area (Å²) >= 11 is 5.73. The third kappa shape index (κ3) is 4.58. The number of carbonyl (C=O) groups excluding carboxylic acids is 1. The SMILES string of the molecule is Cc1ccc(NC(=O)CCS(=O)(=O)c2ccc(Cl)cc2)cc1. The Labute approximate surface area is 135 Å². The van der Waals surface area contributed by atoms with Gasteiger partial charge in [-0.05, 0) is 43.3 Å². The van der Waals surface area contributed by atoms with Crippen LogP contribution in [0.2, 0.25) is 5.02 Å². The molecule has 0 bridgehead atoms. The molecule has 0 aliphatic heterocycles. The van der Waals surface area contributed by atoms with E-state index in [0.717, 1.165) is 5.56 Å². The van der Waals surface area contributed by atoms with Gasteiger partial charge >= 0.3 is 0 Å². The molecule has 0 unspecified atom stereocenters. The summed E-state index contributed by atoms with van der Waals surface area (Å²) in [6.07, 6.45) is -0.0984. The van der Waals surface area contributed by atoms with Gasteiger partial charge in [-0.1, -0.05) is 29.3 Å². The van der Waals surface area contributed by atoms with Gasteiger partial charge in [0.05, 0.1) is 10.6 Å². The number of rotatable bonds is 5. The quantitative estimate of drug-likeness (QED) is 0.908. The maximum absolute atomic E-state index is 12.1. The van der Waals surface area contributed by atoms with Crippen LogP contribution < -0.4 is 5.32 Å². The first kappa shape index (κ1) is 16.5. The number of carbonyl (C=O) groups is 1. The van der Waals surface area contributed by atoms with Gasteiger partial charge in [-0.2, -0.15) is 0 Å². The minimum atomic E-state index is -3.49. The summed E-state index contributed by atoms with van der Waals surface area (Å²) in [6, 6.07) is 13.2. The smallest absolute Gasteiger partial charge is 0.225 e. The lowest BCUT2D eigenvalue weighted by Crippen LogP contribution is -2.17. The average molecular weight is 338 g/mol. The number of hydrogen-bond acceptors (Lipinski definition) is 3. The Morgan fingerprint density at radius 1 is 1.05 bits per heavy atom. The van der Waals surface area contributed by atoms with Crippen molar-refractivity contribution in [2.75, 3.05) is 11.1 Å². The fourth-order valence-corrected chi connectivity index (χ4v) is 3.21. The number of amides is 1. The van der Waals surface area contributed by atoms with Crippen LogP contribution in [0.1, 0.15) is 12.0 Å². The molecule has 0 aliphatic rings. The number of sulfone groups is 1. The van der Waals surface area contributed by atoms with E-state index in [-0.39, 0.29) is 23.0 Å². The first-order chi connectivity index (χ1) is 10.4. The van der Waals surface area contributed by atoms with Crippen molar-refractivity contribution in [3.05, 3.63) is 59.1 Å². The van der Waals surface area contributed by atoms with E-state index >= 15 is 0 Å². The first-order valence-corrected chi connectivity index (χ1v) is 8.75. The molecule has 6 heteroatoms. The molecule has 0 spiro atoms. The summed E-state index contributed by atoms with van der Waals surface area (Å²) in [7, 11) is -3.49. The molecule has 0 radical (unpaired) electrons. The van der Waals surface area contributed by atoms with Crippen LogP contribution in [0.3, 0.4) is 0 Å². The zero-order chi connectivity index (χ0) is 16.2. The van der Waals surface area contributed by atoms with Crippen molar-refractivity contribution in [1.82, 2.24) is 0 Å². The van der Waals surface area contributed by atoms with Crippen molar-refractivity contribution in [1.29, 1.82) is 0 Å². The second-order valence-electron chi connectivity index (χ2n) is 4.94. The molecule has 2 aromatic carbocycles. The second-order valence-corrected chi connectivity index (χ2v) is 7.48. The topological polar surface area (TPSA) is 63.2 Å². The van der Waals surface area contributed by atoms with Gasteiger partial charge in [0, 0.05) is 17.1 Å². The minimum absolute atomic E-state index is 0.0984. The molecule has 22 heavy (non-hydrogen) atoms. The van der Waals surface area contributed by atoms with Crippen LogP contribution >= 0.6 is 11.6 Å². The Bertz CT molecular complexity index is 753. The normalized spacial score (nSPS) is 11.2. The number of benzene rings is 2. The van der Waals surface area contributed by atoms with Crippen LogP contribution in [0.25, 0.3) is 0 Å². The van der Waals surface area contributed by atoms with E-state index in [1.807, 2.05) is 19.1 Å². The van der Waals surface area contributed by atoms with Gasteiger partial charge in [-0.3, -0.25) is 4.79 Å². The molecule has 1 amide bonds. The predicted octanol–water partition coefficient (Wildman–Crippen LogP) is 3.45. The Morgan fingerprint density at radius 2 is 1.64 bits per heavy atom. The van der Waals surface area contributed by atoms with Gasteiger partial charge in [0.2, 0.25) is 5.91 Å². The van der Waals surface area contributed by atoms with Gasteiger partial charge in [0.25, 0.3) is 0 Å². The summed E-state index contributed by atoms with van der Waals surface area (Å²) in [5, 5.41) is 3.15. The lowest BCUT2D eigenvalue weighted by molar-refractivity contribution is -0.115. The second kappa shape index (κ2) is 6.94. The molecule has 0 heterocycles. The van der Waals surface area contributed by atoms with E-state index in [9.17, 15) is 13.2 Å². The molecule has 2 rings (SSSR count). The number of hydrogen-bond donors (Lipinski definition) is 1. The maximum atomic E-state index is 12.1. The first-order valence-electron chi connectivity index (χ1n) is 6.72. The maximum Gasteiger partial charge on any atom is 0.225 e. The van der Waals surface area contributed by atoms with Crippen LogP contribution in [0, 0.1) is 6.92 Å². The Morgan fingerprint density at radius 3 is 2.23 bits per heavy atom. The fraction of sp³-hybridized carbons (Fsp3) is 0.188. The molecule has 0 aliphatic carbocycles. The lowest BCUT2D eigenvalue weighted by Gasteiger charge is -2.07. The summed E-state index contributed by atoms with van der Waals surface area (Å²) in [4.78, 5) is 12.0. The van der Waals surface area contributed by atoms with Crippen molar-refractivity contribution in [2.24, 2.45) is 0 Å². The van der Waals surface area contributed by atoms with E-state index in [1.165, 1.54) is 24.3 Å². The standard InChI is InChI=1S/C16H16ClNO3S/c1-12-2-6-14(7-3-12)18-16(19)10-11-22(20,21)15-8-4-13(17)5-9-15/h2-9H,10-11H2,1H3,(H,18,19). The molecule has 0 fully saturated rings. The molecule has 0 atom stereocenters. The summed E-state index contributed by atoms with van der Waals surface area (Å²) in [5.41, 5.74) is 1.74. The molecule has 0 saturated carbocycles. The molecule has 1 N–H and O–H groups in total. The van der Waals surface area contributed by atoms with Crippen LogP contribution in [0.4, 0.5) is 5.69 Å². The fourth-order valence-electron chi connectivity index (χ4n) is 1.85. The van der Waals surface area contributed by atoms with Crippen molar-refractivity contribution >= 4 is 33.0 Å². The van der Waals surface area contributed by atoms with Crippen LogP contribution in [-0.2, 0) is 14.6 Å². The third-order valence-electron chi connectivity index (χ3n) is 3.11. The highest BCUT2D eigenvalue weighted by Gasteiger charge is 2.16. The highest BCUT2D eigenvalue weighted by molar-refractivity contribution is 7.91. The Balaban J connectivity index is 1.95. The molecule has 2 aromatic rings. The molecular weight excluding hydrogens is 322 g/mol. The van der Waals surface area contributed by atoms with Crippen molar-refractivity contribution < 1.29 is 13.2 Å². The molecule has 0 aromatic heterocycles. The zero-order valence-electron chi connectivity index (χ0n) is 12.0. The van der Waals surface area contributed by atoms with E-state index in [0.29, 0.717) is 10.7 Å². The van der Waals surface area contributed by atoms with Gasteiger partial charge in [-0.25, -0.2) is 8.42 Å². The van der Waals surface area contributed by atoms with E-state index in [4.69, 9.17) is 11.6 Å². The van der Waals surface area contributed by atoms with Crippen molar-refractivity contribution in [3.8, 4) is 0 Å². The number of anilines is 1. The lowest BCUT2D eigenvalue weighted by atomic mass is 10.2. The average Bonchev–Trinajstić information content (AvgIpc) is 2.48. The van der Waals surface area contributed by atoms with Crippen LogP contribution in [0.5, 0.6) is 0 Å². The molecule has 116 valence electrons. The predicted molar refractivity (Wildman–Crippen MR) is 87.9 cm³/mol. The minimum Gasteiger partial charge on any atom is -0.326 e. The van der Waals surface area contributed by atoms with E-state index < -0.39 is 9.84 Å². The molecule has 0 saturated heterocycles. The van der Waals surface area contributed by atoms with Gasteiger partial charge in [0.1, 0.15) is 0 Å². The van der Waals surface area contributed by atoms with Gasteiger partial charge < -0.3 is 5.32 Å². The Kier molecular flexibility index (Phi) is 5.21. The Hall–Kier alpha value is -1.85. The number of halogens is 1. The van der Waals surface area contributed by atoms with Crippen molar-refractivity contribution in [3.63, 3.8) is 0 Å². The largest absolute Gasteiger partial charge is 0.326 e. The van der Waals surface area contributed by atoms with Gasteiger partial charge in [0.15, 0.2) is 9.84 Å².